The summed E-state index contributed by atoms with van der Waals surface area (Å²) in [4.78, 5) is 33.3. The molecule has 8 nitrogen and oxygen atoms in total. The van der Waals surface area contributed by atoms with Gasteiger partial charge < -0.3 is 9.64 Å². The van der Waals surface area contributed by atoms with E-state index in [1.807, 2.05) is 54.4 Å². The number of urea groups is 1. The number of aromatic nitrogens is 2. The molecule has 6 rings (SSSR count). The lowest BCUT2D eigenvalue weighted by Gasteiger charge is -2.42. The fourth-order valence-corrected chi connectivity index (χ4v) is 6.46. The molecule has 2 aromatic carbocycles. The molecule has 3 aromatic rings. The van der Waals surface area contributed by atoms with E-state index in [2.05, 4.69) is 27.2 Å². The minimum absolute atomic E-state index is 0.000890. The molecule has 3 heterocycles. The number of methoxy groups -OCH3 is 1. The molecule has 2 fully saturated rings. The topological polar surface area (TPSA) is 81.8 Å². The van der Waals surface area contributed by atoms with E-state index in [9.17, 15) is 9.59 Å². The largest absolute Gasteiger partial charge is 0.497 e. The Kier molecular flexibility index (Phi) is 5.99. The zero-order valence-electron chi connectivity index (χ0n) is 21.4. The summed E-state index contributed by atoms with van der Waals surface area (Å²) < 4.78 is 5.28. The average Bonchev–Trinajstić information content (AvgIpc) is 3.61. The zero-order valence-corrected chi connectivity index (χ0v) is 21.4. The summed E-state index contributed by atoms with van der Waals surface area (Å²) in [7, 11) is 1.66. The molecule has 2 saturated heterocycles. The fourth-order valence-electron chi connectivity index (χ4n) is 6.46. The van der Waals surface area contributed by atoms with Crippen LogP contribution in [0, 0.1) is 0 Å². The van der Waals surface area contributed by atoms with Crippen molar-refractivity contribution in [2.24, 2.45) is 0 Å². The van der Waals surface area contributed by atoms with Crippen LogP contribution in [-0.4, -0.2) is 75.2 Å². The number of imide groups is 1. The van der Waals surface area contributed by atoms with Gasteiger partial charge in [0.15, 0.2) is 0 Å². The first-order valence-corrected chi connectivity index (χ1v) is 13.1. The number of piperidine rings is 1. The molecule has 1 N–H and O–H groups in total. The molecule has 8 heteroatoms. The summed E-state index contributed by atoms with van der Waals surface area (Å²) in [6.45, 7) is 4.77. The molecule has 3 aliphatic rings. The second kappa shape index (κ2) is 9.34. The van der Waals surface area contributed by atoms with Crippen LogP contribution in [0.15, 0.2) is 54.7 Å². The van der Waals surface area contributed by atoms with Gasteiger partial charge in [0.2, 0.25) is 0 Å². The number of nitrogens with one attached hydrogen (secondary N) is 1. The number of ether oxygens (including phenoxy) is 1. The van der Waals surface area contributed by atoms with E-state index in [-0.39, 0.29) is 18.0 Å². The number of benzene rings is 2. The van der Waals surface area contributed by atoms with Gasteiger partial charge >= 0.3 is 6.03 Å². The minimum atomic E-state index is -0.730. The Morgan fingerprint density at radius 1 is 1.03 bits per heavy atom. The standard InChI is InChI=1S/C29H33N5O3/c1-3-33-28(36)34(24-16-21-6-4-5-7-22(21)17-24)27(35)29(33)12-14-32(15-13-29)19-23-18-30-31-26(23)20-8-10-25(37-2)11-9-20/h4-11,18,24H,3,12-17,19H2,1-2H3,(H,30,31). The first-order valence-electron chi connectivity index (χ1n) is 13.1. The molecule has 0 unspecified atom stereocenters. The number of nitrogens with zero attached hydrogens (tertiary/aromatic N) is 4. The van der Waals surface area contributed by atoms with Gasteiger partial charge in [0.25, 0.3) is 5.91 Å². The highest BCUT2D eigenvalue weighted by Crippen LogP contribution is 2.40. The average molecular weight is 500 g/mol. The summed E-state index contributed by atoms with van der Waals surface area (Å²) in [6, 6.07) is 16.0. The number of likely N-dealkylation sites (N-methyl/N-ethyl adjacent to an activating group) is 1. The molecule has 1 aromatic heterocycles. The van der Waals surface area contributed by atoms with E-state index in [1.54, 1.807) is 12.0 Å². The van der Waals surface area contributed by atoms with Crippen LogP contribution in [0.3, 0.4) is 0 Å². The van der Waals surface area contributed by atoms with Crippen LogP contribution in [0.2, 0.25) is 0 Å². The van der Waals surface area contributed by atoms with E-state index < -0.39 is 5.54 Å². The maximum absolute atomic E-state index is 13.9. The highest BCUT2D eigenvalue weighted by molar-refractivity contribution is 6.07. The van der Waals surface area contributed by atoms with Crippen molar-refractivity contribution in [1.82, 2.24) is 24.9 Å². The monoisotopic (exact) mass is 499 g/mol. The number of amides is 3. The molecule has 0 saturated carbocycles. The maximum atomic E-state index is 13.9. The predicted molar refractivity (Wildman–Crippen MR) is 140 cm³/mol. The van der Waals surface area contributed by atoms with Crippen molar-refractivity contribution in [3.63, 3.8) is 0 Å². The van der Waals surface area contributed by atoms with Gasteiger partial charge in [-0.1, -0.05) is 24.3 Å². The Balaban J connectivity index is 1.16. The molecule has 1 aliphatic carbocycles. The Morgan fingerprint density at radius 2 is 1.70 bits per heavy atom. The van der Waals surface area contributed by atoms with Gasteiger partial charge in [0.05, 0.1) is 19.0 Å². The molecule has 0 bridgehead atoms. The van der Waals surface area contributed by atoms with Crippen molar-refractivity contribution in [3.8, 4) is 17.0 Å². The number of hydrogen-bond donors (Lipinski definition) is 1. The quantitative estimate of drug-likeness (QED) is 0.521. The summed E-state index contributed by atoms with van der Waals surface area (Å²) in [6.07, 6.45) is 4.69. The van der Waals surface area contributed by atoms with Crippen molar-refractivity contribution >= 4 is 11.9 Å². The summed E-state index contributed by atoms with van der Waals surface area (Å²) in [5.41, 5.74) is 4.94. The second-order valence-corrected chi connectivity index (χ2v) is 10.3. The first kappa shape index (κ1) is 23.7. The van der Waals surface area contributed by atoms with Crippen molar-refractivity contribution in [2.75, 3.05) is 26.7 Å². The molecule has 2 aliphatic heterocycles. The highest BCUT2D eigenvalue weighted by atomic mass is 16.5. The second-order valence-electron chi connectivity index (χ2n) is 10.3. The van der Waals surface area contributed by atoms with Crippen LogP contribution in [0.25, 0.3) is 11.3 Å². The van der Waals surface area contributed by atoms with Crippen LogP contribution in [0.5, 0.6) is 5.75 Å². The zero-order chi connectivity index (χ0) is 25.6. The third-order valence-corrected chi connectivity index (χ3v) is 8.46. The Bertz CT molecular complexity index is 1280. The van der Waals surface area contributed by atoms with E-state index in [4.69, 9.17) is 4.74 Å². The number of likely N-dealkylation sites (tertiary alicyclic amines) is 1. The number of hydrogen-bond acceptors (Lipinski definition) is 5. The molecule has 0 radical (unpaired) electrons. The van der Waals surface area contributed by atoms with Crippen LogP contribution < -0.4 is 4.74 Å². The summed E-state index contributed by atoms with van der Waals surface area (Å²) in [5, 5.41) is 7.44. The van der Waals surface area contributed by atoms with Crippen molar-refractivity contribution in [3.05, 3.63) is 71.4 Å². The van der Waals surface area contributed by atoms with Gasteiger partial charge in [-0.15, -0.1) is 0 Å². The summed E-state index contributed by atoms with van der Waals surface area (Å²) >= 11 is 0. The van der Waals surface area contributed by atoms with Gasteiger partial charge in [-0.3, -0.25) is 19.7 Å². The number of aromatic amines is 1. The van der Waals surface area contributed by atoms with Gasteiger partial charge in [-0.2, -0.15) is 5.10 Å². The number of rotatable bonds is 6. The first-order chi connectivity index (χ1) is 18.0. The van der Waals surface area contributed by atoms with E-state index in [0.717, 1.165) is 55.0 Å². The molecule has 1 spiro atoms. The lowest BCUT2D eigenvalue weighted by molar-refractivity contribution is -0.137. The van der Waals surface area contributed by atoms with Crippen molar-refractivity contribution in [2.45, 2.75) is 50.7 Å². The molecular formula is C29H33N5O3. The van der Waals surface area contributed by atoms with Crippen LogP contribution in [-0.2, 0) is 24.2 Å². The highest BCUT2D eigenvalue weighted by Gasteiger charge is 2.59. The van der Waals surface area contributed by atoms with Crippen LogP contribution in [0.1, 0.15) is 36.5 Å². The van der Waals surface area contributed by atoms with Crippen molar-refractivity contribution in [1.29, 1.82) is 0 Å². The maximum Gasteiger partial charge on any atom is 0.327 e. The van der Waals surface area contributed by atoms with E-state index >= 15 is 0 Å². The van der Waals surface area contributed by atoms with Crippen LogP contribution >= 0.6 is 0 Å². The van der Waals surface area contributed by atoms with Gasteiger partial charge in [-0.25, -0.2) is 4.79 Å². The molecular weight excluding hydrogens is 466 g/mol. The lowest BCUT2D eigenvalue weighted by atomic mass is 9.85. The Hall–Kier alpha value is -3.65. The third kappa shape index (κ3) is 3.91. The Morgan fingerprint density at radius 3 is 2.32 bits per heavy atom. The number of fused-ring (bicyclic) bond motifs is 1. The van der Waals surface area contributed by atoms with E-state index in [0.29, 0.717) is 19.4 Å². The molecule has 0 atom stereocenters. The lowest BCUT2D eigenvalue weighted by Crippen LogP contribution is -2.56. The SMILES string of the molecule is CCN1C(=O)N(C2Cc3ccccc3C2)C(=O)C12CCN(Cc1cn[nH]c1-c1ccc(OC)cc1)CC2. The predicted octanol–water partition coefficient (Wildman–Crippen LogP) is 3.87. The van der Waals surface area contributed by atoms with Crippen molar-refractivity contribution < 1.29 is 14.3 Å². The fraction of sp³-hybridized carbons (Fsp3) is 0.414. The molecule has 37 heavy (non-hydrogen) atoms. The Labute approximate surface area is 217 Å². The molecule has 3 amide bonds. The summed E-state index contributed by atoms with van der Waals surface area (Å²) in [5.74, 6) is 0.817. The number of H-pyrrole nitrogens is 1. The number of carbonyl (C=O) groups excluding carboxylic acids is 2. The number of carbonyl (C=O) groups is 2. The molecule has 192 valence electrons. The van der Waals surface area contributed by atoms with Gasteiger partial charge in [0, 0.05) is 43.3 Å². The van der Waals surface area contributed by atoms with Gasteiger partial charge in [0.1, 0.15) is 11.3 Å². The normalized spacial score (nSPS) is 19.7. The smallest absolute Gasteiger partial charge is 0.327 e. The minimum Gasteiger partial charge on any atom is -0.497 e. The van der Waals surface area contributed by atoms with Crippen LogP contribution in [0.4, 0.5) is 4.79 Å². The third-order valence-electron chi connectivity index (χ3n) is 8.46. The van der Waals surface area contributed by atoms with E-state index in [1.165, 1.54) is 11.1 Å². The van der Waals surface area contributed by atoms with Gasteiger partial charge in [-0.05, 0) is 68.0 Å².